The van der Waals surface area contributed by atoms with Crippen molar-refractivity contribution in [2.45, 2.75) is 0 Å². The molecule has 0 amide bonds. The number of nitrogen functional groups attached to an aromatic ring is 2. The number of hydrogen-bond donors (Lipinski definition) is 2. The first-order valence-electron chi connectivity index (χ1n) is 3.99. The molecule has 2 heterocycles. The van der Waals surface area contributed by atoms with Crippen LogP contribution in [0.2, 0.25) is 0 Å². The van der Waals surface area contributed by atoms with Crippen LogP contribution in [0.1, 0.15) is 4.88 Å². The van der Waals surface area contributed by atoms with E-state index in [-0.39, 0.29) is 0 Å². The van der Waals surface area contributed by atoms with Gasteiger partial charge in [-0.2, -0.15) is 0 Å². The number of rotatable bonds is 2. The fraction of sp³-hybridized carbons (Fsp3) is 0. The van der Waals surface area contributed by atoms with E-state index in [9.17, 15) is 0 Å². The van der Waals surface area contributed by atoms with Gasteiger partial charge in [-0.05, 0) is 24.3 Å². The number of hydrogen-bond acceptors (Lipinski definition) is 5. The molecule has 0 unspecified atom stereocenters. The molecule has 4 N–H and O–H groups in total. The number of thiophene rings is 2. The second-order valence-corrected chi connectivity index (χ2v) is 4.92. The second kappa shape index (κ2) is 3.81. The van der Waals surface area contributed by atoms with Gasteiger partial charge in [0.2, 0.25) is 0 Å². The maximum absolute atomic E-state index is 5.59. The van der Waals surface area contributed by atoms with Gasteiger partial charge in [-0.1, -0.05) is 11.3 Å². The quantitative estimate of drug-likeness (QED) is 0.769. The van der Waals surface area contributed by atoms with Gasteiger partial charge in [-0.15, -0.1) is 11.3 Å². The average molecular weight is 223 g/mol. The van der Waals surface area contributed by atoms with Crippen LogP contribution in [0.5, 0.6) is 0 Å². The third-order valence-corrected chi connectivity index (χ3v) is 3.25. The lowest BCUT2D eigenvalue weighted by molar-refractivity contribution is 1.66. The molecule has 2 aromatic heterocycles. The molecule has 0 saturated carbocycles. The normalized spacial score (nSPS) is 11.1. The molecule has 3 nitrogen and oxygen atoms in total. The number of nitrogens with zero attached hydrogens (tertiary/aromatic N) is 1. The first-order valence-corrected chi connectivity index (χ1v) is 5.62. The van der Waals surface area contributed by atoms with E-state index >= 15 is 0 Å². The molecular weight excluding hydrogens is 214 g/mol. The summed E-state index contributed by atoms with van der Waals surface area (Å²) >= 11 is 2.98. The van der Waals surface area contributed by atoms with Crippen molar-refractivity contribution in [3.05, 3.63) is 29.1 Å². The van der Waals surface area contributed by atoms with Crippen LogP contribution in [0.4, 0.5) is 15.0 Å². The minimum Gasteiger partial charge on any atom is -0.391 e. The summed E-state index contributed by atoms with van der Waals surface area (Å²) in [7, 11) is 0. The summed E-state index contributed by atoms with van der Waals surface area (Å²) in [5.74, 6) is 0. The number of nitrogens with two attached hydrogens (primary N) is 2. The van der Waals surface area contributed by atoms with Gasteiger partial charge in [0.05, 0.1) is 10.0 Å². The summed E-state index contributed by atoms with van der Waals surface area (Å²) < 4.78 is 0. The lowest BCUT2D eigenvalue weighted by Crippen LogP contribution is -1.73. The van der Waals surface area contributed by atoms with Crippen LogP contribution in [0, 0.1) is 0 Å². The number of anilines is 2. The van der Waals surface area contributed by atoms with Crippen molar-refractivity contribution in [3.8, 4) is 0 Å². The molecule has 0 aliphatic carbocycles. The smallest absolute Gasteiger partial charge is 0.117 e. The molecule has 0 spiro atoms. The monoisotopic (exact) mass is 223 g/mol. The maximum atomic E-state index is 5.59. The minimum absolute atomic E-state index is 0.780. The highest BCUT2D eigenvalue weighted by molar-refractivity contribution is 7.19. The minimum atomic E-state index is 0.780. The molecule has 0 aliphatic rings. The van der Waals surface area contributed by atoms with Crippen molar-refractivity contribution in [3.63, 3.8) is 0 Å². The zero-order valence-electron chi connectivity index (χ0n) is 7.31. The van der Waals surface area contributed by atoms with E-state index in [1.165, 1.54) is 22.7 Å². The lowest BCUT2D eigenvalue weighted by atomic mass is 10.5. The first-order chi connectivity index (χ1) is 6.74. The molecule has 0 aliphatic heterocycles. The van der Waals surface area contributed by atoms with Gasteiger partial charge in [0.25, 0.3) is 0 Å². The third kappa shape index (κ3) is 2.12. The van der Waals surface area contributed by atoms with E-state index in [0.29, 0.717) is 0 Å². The standard InChI is InChI=1S/C9H9N3S2/c10-7-2-1-6(13-7)5-12-9-4-3-8(11)14-9/h1-5H,10-11H2/b12-5+. The summed E-state index contributed by atoms with van der Waals surface area (Å²) in [6.07, 6.45) is 1.80. The Hall–Kier alpha value is -1.33. The van der Waals surface area contributed by atoms with Crippen LogP contribution >= 0.6 is 22.7 Å². The van der Waals surface area contributed by atoms with Crippen LogP contribution in [0.3, 0.4) is 0 Å². The van der Waals surface area contributed by atoms with E-state index in [1.807, 2.05) is 24.3 Å². The summed E-state index contributed by atoms with van der Waals surface area (Å²) in [5, 5.41) is 2.49. The van der Waals surface area contributed by atoms with Crippen molar-refractivity contribution < 1.29 is 0 Å². The Balaban J connectivity index is 2.14. The maximum Gasteiger partial charge on any atom is 0.117 e. The molecule has 0 atom stereocenters. The highest BCUT2D eigenvalue weighted by atomic mass is 32.1. The molecule has 0 saturated heterocycles. The van der Waals surface area contributed by atoms with Gasteiger partial charge in [-0.3, -0.25) is 0 Å². The SMILES string of the molecule is Nc1ccc(/C=N/c2ccc(N)s2)s1. The summed E-state index contributed by atoms with van der Waals surface area (Å²) in [6.45, 7) is 0. The van der Waals surface area contributed by atoms with Crippen LogP contribution in [0.15, 0.2) is 29.3 Å². The molecule has 0 radical (unpaired) electrons. The van der Waals surface area contributed by atoms with E-state index in [4.69, 9.17) is 11.5 Å². The third-order valence-electron chi connectivity index (χ3n) is 1.58. The molecule has 2 aromatic rings. The summed E-state index contributed by atoms with van der Waals surface area (Å²) in [6, 6.07) is 7.56. The van der Waals surface area contributed by atoms with Crippen LogP contribution in [0.25, 0.3) is 0 Å². The van der Waals surface area contributed by atoms with Gasteiger partial charge in [-0.25, -0.2) is 4.99 Å². The van der Waals surface area contributed by atoms with E-state index in [2.05, 4.69) is 4.99 Å². The second-order valence-electron chi connectivity index (χ2n) is 2.67. The molecule has 0 bridgehead atoms. The zero-order chi connectivity index (χ0) is 9.97. The van der Waals surface area contributed by atoms with E-state index < -0.39 is 0 Å². The molecular formula is C9H9N3S2. The Morgan fingerprint density at radius 1 is 1.00 bits per heavy atom. The predicted molar refractivity (Wildman–Crippen MR) is 64.7 cm³/mol. The Morgan fingerprint density at radius 3 is 2.29 bits per heavy atom. The van der Waals surface area contributed by atoms with E-state index in [0.717, 1.165) is 19.9 Å². The largest absolute Gasteiger partial charge is 0.391 e. The lowest BCUT2D eigenvalue weighted by Gasteiger charge is -1.83. The van der Waals surface area contributed by atoms with Gasteiger partial charge >= 0.3 is 0 Å². The van der Waals surface area contributed by atoms with Crippen LogP contribution in [-0.4, -0.2) is 6.21 Å². The molecule has 0 aromatic carbocycles. The highest BCUT2D eigenvalue weighted by Gasteiger charge is 1.95. The fourth-order valence-electron chi connectivity index (χ4n) is 0.977. The van der Waals surface area contributed by atoms with Crippen LogP contribution in [-0.2, 0) is 0 Å². The fourth-order valence-corrected chi connectivity index (χ4v) is 2.25. The Labute approximate surface area is 89.7 Å². The Kier molecular flexibility index (Phi) is 2.51. The Morgan fingerprint density at radius 2 is 1.71 bits per heavy atom. The van der Waals surface area contributed by atoms with Gasteiger partial charge in [0.15, 0.2) is 0 Å². The molecule has 5 heteroatoms. The van der Waals surface area contributed by atoms with Gasteiger partial charge < -0.3 is 11.5 Å². The topological polar surface area (TPSA) is 64.4 Å². The predicted octanol–water partition coefficient (Wildman–Crippen LogP) is 2.72. The zero-order valence-corrected chi connectivity index (χ0v) is 8.94. The van der Waals surface area contributed by atoms with E-state index in [1.54, 1.807) is 6.21 Å². The van der Waals surface area contributed by atoms with Crippen molar-refractivity contribution in [1.29, 1.82) is 0 Å². The van der Waals surface area contributed by atoms with Crippen molar-refractivity contribution >= 4 is 43.9 Å². The average Bonchev–Trinajstić information content (AvgIpc) is 2.72. The summed E-state index contributed by atoms with van der Waals surface area (Å²) in [4.78, 5) is 5.33. The molecule has 72 valence electrons. The molecule has 2 rings (SSSR count). The number of aliphatic imine (C=N–C) groups is 1. The van der Waals surface area contributed by atoms with Crippen LogP contribution < -0.4 is 11.5 Å². The van der Waals surface area contributed by atoms with Gasteiger partial charge in [0, 0.05) is 11.1 Å². The summed E-state index contributed by atoms with van der Waals surface area (Å²) in [5.41, 5.74) is 11.2. The Bertz CT molecular complexity index is 414. The van der Waals surface area contributed by atoms with Crippen molar-refractivity contribution in [2.75, 3.05) is 11.5 Å². The van der Waals surface area contributed by atoms with Crippen molar-refractivity contribution in [2.24, 2.45) is 4.99 Å². The first kappa shape index (κ1) is 9.23. The van der Waals surface area contributed by atoms with Gasteiger partial charge in [0.1, 0.15) is 5.00 Å². The highest BCUT2D eigenvalue weighted by Crippen LogP contribution is 2.26. The molecule has 0 fully saturated rings. The molecule has 14 heavy (non-hydrogen) atoms. The van der Waals surface area contributed by atoms with Crippen molar-refractivity contribution in [1.82, 2.24) is 0 Å².